The van der Waals surface area contributed by atoms with E-state index in [1.165, 1.54) is 4.88 Å². The molecule has 2 heterocycles. The van der Waals surface area contributed by atoms with Crippen molar-refractivity contribution in [3.8, 4) is 10.4 Å². The van der Waals surface area contributed by atoms with Crippen molar-refractivity contribution >= 4 is 17.2 Å². The van der Waals surface area contributed by atoms with Crippen LogP contribution in [0.2, 0.25) is 0 Å². The number of nitrogens with one attached hydrogen (secondary N) is 1. The molecule has 0 unspecified atom stereocenters. The standard InChI is InChI=1S/C20H20N2OS/c1-2-18(16-7-4-3-5-8-16)20(23)22-13-15-11-17(14-21-12-15)19-9-6-10-24-19/h3-12,14,18H,2,13H2,1H3,(H,22,23)/t18-/m0/s1. The van der Waals surface area contributed by atoms with Gasteiger partial charge in [0.15, 0.2) is 0 Å². The van der Waals surface area contributed by atoms with Gasteiger partial charge >= 0.3 is 0 Å². The van der Waals surface area contributed by atoms with E-state index in [1.807, 2.05) is 49.5 Å². The molecule has 0 aliphatic heterocycles. The maximum absolute atomic E-state index is 12.5. The minimum absolute atomic E-state index is 0.0604. The number of aromatic nitrogens is 1. The molecular weight excluding hydrogens is 316 g/mol. The summed E-state index contributed by atoms with van der Waals surface area (Å²) in [5, 5.41) is 5.10. The van der Waals surface area contributed by atoms with Crippen LogP contribution < -0.4 is 5.32 Å². The highest BCUT2D eigenvalue weighted by Gasteiger charge is 2.17. The normalized spacial score (nSPS) is 11.9. The minimum Gasteiger partial charge on any atom is -0.351 e. The van der Waals surface area contributed by atoms with Crippen LogP contribution in [-0.2, 0) is 11.3 Å². The minimum atomic E-state index is -0.111. The zero-order chi connectivity index (χ0) is 16.8. The summed E-state index contributed by atoms with van der Waals surface area (Å²) in [6.07, 6.45) is 4.44. The largest absolute Gasteiger partial charge is 0.351 e. The number of nitrogens with zero attached hydrogens (tertiary/aromatic N) is 1. The molecule has 0 fully saturated rings. The van der Waals surface area contributed by atoms with Gasteiger partial charge in [0.2, 0.25) is 5.91 Å². The zero-order valence-electron chi connectivity index (χ0n) is 13.6. The first-order chi connectivity index (χ1) is 11.8. The van der Waals surface area contributed by atoms with Gasteiger partial charge in [0.05, 0.1) is 5.92 Å². The predicted molar refractivity (Wildman–Crippen MR) is 98.9 cm³/mol. The molecule has 2 aromatic heterocycles. The van der Waals surface area contributed by atoms with E-state index in [9.17, 15) is 4.79 Å². The van der Waals surface area contributed by atoms with Gasteiger partial charge in [0, 0.05) is 29.4 Å². The SMILES string of the molecule is CC[C@H](C(=O)NCc1cncc(-c2cccs2)c1)c1ccccc1. The zero-order valence-corrected chi connectivity index (χ0v) is 14.4. The molecule has 0 radical (unpaired) electrons. The molecule has 24 heavy (non-hydrogen) atoms. The highest BCUT2D eigenvalue weighted by Crippen LogP contribution is 2.24. The van der Waals surface area contributed by atoms with Crippen LogP contribution in [0.4, 0.5) is 0 Å². The molecule has 1 atom stereocenters. The highest BCUT2D eigenvalue weighted by molar-refractivity contribution is 7.13. The Labute approximate surface area is 146 Å². The maximum atomic E-state index is 12.5. The molecule has 122 valence electrons. The lowest BCUT2D eigenvalue weighted by molar-refractivity contribution is -0.122. The fourth-order valence-electron chi connectivity index (χ4n) is 2.73. The molecule has 0 saturated carbocycles. The van der Waals surface area contributed by atoms with E-state index < -0.39 is 0 Å². The van der Waals surface area contributed by atoms with Crippen LogP contribution in [-0.4, -0.2) is 10.9 Å². The Kier molecular flexibility index (Phi) is 5.39. The van der Waals surface area contributed by atoms with Gasteiger partial charge in [-0.25, -0.2) is 0 Å². The number of benzene rings is 1. The summed E-state index contributed by atoms with van der Waals surface area (Å²) in [4.78, 5) is 18.0. The first kappa shape index (κ1) is 16.4. The van der Waals surface area contributed by atoms with E-state index in [-0.39, 0.29) is 11.8 Å². The molecule has 0 bridgehead atoms. The van der Waals surface area contributed by atoms with Crippen molar-refractivity contribution in [2.75, 3.05) is 0 Å². The molecular formula is C20H20N2OS. The van der Waals surface area contributed by atoms with Gasteiger partial charge in [-0.15, -0.1) is 11.3 Å². The number of pyridine rings is 1. The molecule has 3 aromatic rings. The second kappa shape index (κ2) is 7.88. The van der Waals surface area contributed by atoms with Crippen LogP contribution in [0.3, 0.4) is 0 Å². The van der Waals surface area contributed by atoms with Gasteiger partial charge in [-0.05, 0) is 35.1 Å². The summed E-state index contributed by atoms with van der Waals surface area (Å²) in [7, 11) is 0. The number of amides is 1. The fraction of sp³-hybridized carbons (Fsp3) is 0.200. The Hall–Kier alpha value is -2.46. The number of hydrogen-bond donors (Lipinski definition) is 1. The van der Waals surface area contributed by atoms with Crippen LogP contribution in [0.25, 0.3) is 10.4 Å². The first-order valence-corrected chi connectivity index (χ1v) is 8.96. The average molecular weight is 336 g/mol. The lowest BCUT2D eigenvalue weighted by Gasteiger charge is -2.15. The summed E-state index contributed by atoms with van der Waals surface area (Å²) in [6, 6.07) is 16.1. The Bertz CT molecular complexity index is 784. The van der Waals surface area contributed by atoms with Crippen LogP contribution in [0, 0.1) is 0 Å². The Morgan fingerprint density at radius 1 is 1.17 bits per heavy atom. The van der Waals surface area contributed by atoms with E-state index in [2.05, 4.69) is 27.8 Å². The van der Waals surface area contributed by atoms with Crippen molar-refractivity contribution < 1.29 is 4.79 Å². The molecule has 0 saturated heterocycles. The van der Waals surface area contributed by atoms with Gasteiger partial charge in [-0.1, -0.05) is 43.3 Å². The van der Waals surface area contributed by atoms with Crippen LogP contribution in [0.1, 0.15) is 30.4 Å². The Morgan fingerprint density at radius 2 is 2.00 bits per heavy atom. The fourth-order valence-corrected chi connectivity index (χ4v) is 3.44. The summed E-state index contributed by atoms with van der Waals surface area (Å²) in [5.41, 5.74) is 3.16. The van der Waals surface area contributed by atoms with E-state index >= 15 is 0 Å². The molecule has 0 aliphatic rings. The van der Waals surface area contributed by atoms with Crippen molar-refractivity contribution in [2.24, 2.45) is 0 Å². The van der Waals surface area contributed by atoms with Crippen molar-refractivity contribution in [2.45, 2.75) is 25.8 Å². The van der Waals surface area contributed by atoms with Crippen molar-refractivity contribution in [3.05, 3.63) is 77.4 Å². The lowest BCUT2D eigenvalue weighted by atomic mass is 9.95. The third kappa shape index (κ3) is 3.89. The van der Waals surface area contributed by atoms with Crippen molar-refractivity contribution in [1.82, 2.24) is 10.3 Å². The van der Waals surface area contributed by atoms with E-state index in [0.717, 1.165) is 23.1 Å². The van der Waals surface area contributed by atoms with Gasteiger partial charge in [-0.2, -0.15) is 0 Å². The second-order valence-electron chi connectivity index (χ2n) is 5.65. The van der Waals surface area contributed by atoms with Crippen molar-refractivity contribution in [1.29, 1.82) is 0 Å². The summed E-state index contributed by atoms with van der Waals surface area (Å²) < 4.78 is 0. The average Bonchev–Trinajstić information content (AvgIpc) is 3.16. The van der Waals surface area contributed by atoms with Crippen LogP contribution in [0.15, 0.2) is 66.3 Å². The number of hydrogen-bond acceptors (Lipinski definition) is 3. The molecule has 1 aromatic carbocycles. The molecule has 4 heteroatoms. The van der Waals surface area contributed by atoms with Gasteiger partial charge in [0.25, 0.3) is 0 Å². The Balaban J connectivity index is 1.67. The van der Waals surface area contributed by atoms with Gasteiger partial charge < -0.3 is 5.32 Å². The molecule has 1 N–H and O–H groups in total. The predicted octanol–water partition coefficient (Wildman–Crippen LogP) is 4.62. The smallest absolute Gasteiger partial charge is 0.227 e. The van der Waals surface area contributed by atoms with Gasteiger partial charge in [-0.3, -0.25) is 9.78 Å². The number of carbonyl (C=O) groups is 1. The van der Waals surface area contributed by atoms with E-state index in [1.54, 1.807) is 17.5 Å². The number of thiophene rings is 1. The monoisotopic (exact) mass is 336 g/mol. The molecule has 0 aliphatic carbocycles. The topological polar surface area (TPSA) is 42.0 Å². The highest BCUT2D eigenvalue weighted by atomic mass is 32.1. The summed E-state index contributed by atoms with van der Waals surface area (Å²) >= 11 is 1.69. The maximum Gasteiger partial charge on any atom is 0.227 e. The summed E-state index contributed by atoms with van der Waals surface area (Å²) in [5.74, 6) is -0.0511. The van der Waals surface area contributed by atoms with E-state index in [0.29, 0.717) is 6.54 Å². The van der Waals surface area contributed by atoms with E-state index in [4.69, 9.17) is 0 Å². The molecule has 1 amide bonds. The lowest BCUT2D eigenvalue weighted by Crippen LogP contribution is -2.28. The third-order valence-electron chi connectivity index (χ3n) is 3.99. The van der Waals surface area contributed by atoms with Gasteiger partial charge in [0.1, 0.15) is 0 Å². The Morgan fingerprint density at radius 3 is 2.71 bits per heavy atom. The molecule has 3 rings (SSSR count). The molecule has 0 spiro atoms. The quantitative estimate of drug-likeness (QED) is 0.713. The van der Waals surface area contributed by atoms with Crippen LogP contribution in [0.5, 0.6) is 0 Å². The van der Waals surface area contributed by atoms with Crippen LogP contribution >= 0.6 is 11.3 Å². The third-order valence-corrected chi connectivity index (χ3v) is 4.91. The number of rotatable bonds is 6. The first-order valence-electron chi connectivity index (χ1n) is 8.08. The van der Waals surface area contributed by atoms with Crippen molar-refractivity contribution in [3.63, 3.8) is 0 Å². The second-order valence-corrected chi connectivity index (χ2v) is 6.60. The molecule has 3 nitrogen and oxygen atoms in total. The number of carbonyl (C=O) groups excluding carboxylic acids is 1. The summed E-state index contributed by atoms with van der Waals surface area (Å²) in [6.45, 7) is 2.53.